The first-order chi connectivity index (χ1) is 8.66. The van der Waals surface area contributed by atoms with Crippen LogP contribution in [0, 0.1) is 6.92 Å². The second-order valence-corrected chi connectivity index (χ2v) is 5.15. The molecule has 3 heteroatoms. The summed E-state index contributed by atoms with van der Waals surface area (Å²) >= 11 is 0. The molecule has 1 atom stereocenters. The van der Waals surface area contributed by atoms with Gasteiger partial charge < -0.3 is 10.6 Å². The highest BCUT2D eigenvalue weighted by atomic mass is 16.1. The van der Waals surface area contributed by atoms with Crippen LogP contribution >= 0.6 is 0 Å². The molecule has 0 bridgehead atoms. The molecular weight excluding hydrogens is 224 g/mol. The third-order valence-electron chi connectivity index (χ3n) is 3.41. The Hall–Kier alpha value is -1.35. The summed E-state index contributed by atoms with van der Waals surface area (Å²) in [7, 11) is 0. The lowest BCUT2D eigenvalue weighted by Gasteiger charge is -2.13. The van der Waals surface area contributed by atoms with E-state index in [0.29, 0.717) is 12.6 Å². The van der Waals surface area contributed by atoms with Crippen molar-refractivity contribution in [2.24, 2.45) is 0 Å². The Bertz CT molecular complexity index is 395. The molecule has 1 aromatic rings. The summed E-state index contributed by atoms with van der Waals surface area (Å²) < 4.78 is 0. The molecule has 1 fully saturated rings. The van der Waals surface area contributed by atoms with E-state index < -0.39 is 0 Å². The molecule has 18 heavy (non-hydrogen) atoms. The number of hydrogen-bond acceptors (Lipinski definition) is 2. The molecule has 2 rings (SSSR count). The van der Waals surface area contributed by atoms with Gasteiger partial charge in [-0.15, -0.1) is 0 Å². The molecule has 1 unspecified atom stereocenters. The normalized spacial score (nSPS) is 16.3. The topological polar surface area (TPSA) is 41.1 Å². The third kappa shape index (κ3) is 3.84. The van der Waals surface area contributed by atoms with E-state index in [9.17, 15) is 4.79 Å². The Kier molecular flexibility index (Phi) is 4.37. The molecule has 0 saturated heterocycles. The molecule has 1 saturated carbocycles. The highest BCUT2D eigenvalue weighted by molar-refractivity contribution is 5.83. The predicted molar refractivity (Wildman–Crippen MR) is 73.6 cm³/mol. The molecular formula is C15H22N2O. The predicted octanol–water partition coefficient (Wildman–Crippen LogP) is 1.97. The van der Waals surface area contributed by atoms with Crippen LogP contribution in [0.15, 0.2) is 24.3 Å². The van der Waals surface area contributed by atoms with Gasteiger partial charge in [-0.3, -0.25) is 4.79 Å². The monoisotopic (exact) mass is 246 g/mol. The number of carbonyl (C=O) groups excluding carboxylic acids is 1. The van der Waals surface area contributed by atoms with E-state index in [1.54, 1.807) is 0 Å². The third-order valence-corrected chi connectivity index (χ3v) is 3.41. The molecule has 0 spiro atoms. The standard InChI is InChI=1S/C15H22N2O/c1-11-3-5-13(6-4-11)12(2)15(18)17-10-9-16-14-7-8-14/h3-6,12,14,16H,7-10H2,1-2H3,(H,17,18). The lowest BCUT2D eigenvalue weighted by molar-refractivity contribution is -0.122. The van der Waals surface area contributed by atoms with Crippen LogP contribution in [-0.4, -0.2) is 25.0 Å². The summed E-state index contributed by atoms with van der Waals surface area (Å²) in [6.45, 7) is 5.59. The number of benzene rings is 1. The van der Waals surface area contributed by atoms with E-state index in [4.69, 9.17) is 0 Å². The first-order valence-corrected chi connectivity index (χ1v) is 6.74. The summed E-state index contributed by atoms with van der Waals surface area (Å²) in [6, 6.07) is 8.86. The van der Waals surface area contributed by atoms with Crippen molar-refractivity contribution in [2.75, 3.05) is 13.1 Å². The van der Waals surface area contributed by atoms with Gasteiger partial charge >= 0.3 is 0 Å². The Balaban J connectivity index is 1.74. The zero-order chi connectivity index (χ0) is 13.0. The zero-order valence-corrected chi connectivity index (χ0v) is 11.2. The Morgan fingerprint density at radius 2 is 1.94 bits per heavy atom. The maximum atomic E-state index is 11.9. The first-order valence-electron chi connectivity index (χ1n) is 6.74. The lowest BCUT2D eigenvalue weighted by atomic mass is 9.99. The van der Waals surface area contributed by atoms with Crippen LogP contribution in [0.25, 0.3) is 0 Å². The number of nitrogens with one attached hydrogen (secondary N) is 2. The minimum Gasteiger partial charge on any atom is -0.354 e. The smallest absolute Gasteiger partial charge is 0.227 e. The molecule has 1 aliphatic carbocycles. The van der Waals surface area contributed by atoms with Crippen LogP contribution in [0.2, 0.25) is 0 Å². The van der Waals surface area contributed by atoms with Crippen molar-refractivity contribution in [3.05, 3.63) is 35.4 Å². The number of amides is 1. The minimum atomic E-state index is -0.0773. The van der Waals surface area contributed by atoms with Gasteiger partial charge in [0.2, 0.25) is 5.91 Å². The Morgan fingerprint density at radius 3 is 2.56 bits per heavy atom. The van der Waals surface area contributed by atoms with Crippen molar-refractivity contribution < 1.29 is 4.79 Å². The molecule has 1 amide bonds. The summed E-state index contributed by atoms with van der Waals surface area (Å²) in [4.78, 5) is 11.9. The fourth-order valence-corrected chi connectivity index (χ4v) is 1.91. The van der Waals surface area contributed by atoms with E-state index in [0.717, 1.165) is 12.1 Å². The van der Waals surface area contributed by atoms with Gasteiger partial charge in [-0.1, -0.05) is 29.8 Å². The number of hydrogen-bond donors (Lipinski definition) is 2. The Labute approximate surface area is 109 Å². The molecule has 2 N–H and O–H groups in total. The quantitative estimate of drug-likeness (QED) is 0.753. The minimum absolute atomic E-state index is 0.0773. The van der Waals surface area contributed by atoms with E-state index in [2.05, 4.69) is 17.6 Å². The second kappa shape index (κ2) is 6.01. The summed E-state index contributed by atoms with van der Waals surface area (Å²) in [5.74, 6) is 0.0305. The van der Waals surface area contributed by atoms with Gasteiger partial charge in [-0.05, 0) is 32.3 Å². The van der Waals surface area contributed by atoms with Gasteiger partial charge in [-0.2, -0.15) is 0 Å². The fraction of sp³-hybridized carbons (Fsp3) is 0.533. The van der Waals surface area contributed by atoms with Gasteiger partial charge in [0.05, 0.1) is 5.92 Å². The lowest BCUT2D eigenvalue weighted by Crippen LogP contribution is -2.34. The highest BCUT2D eigenvalue weighted by Crippen LogP contribution is 2.18. The van der Waals surface area contributed by atoms with Crippen molar-refractivity contribution in [3.63, 3.8) is 0 Å². The van der Waals surface area contributed by atoms with Crippen LogP contribution in [0.1, 0.15) is 36.8 Å². The van der Waals surface area contributed by atoms with Crippen molar-refractivity contribution in [1.29, 1.82) is 0 Å². The van der Waals surface area contributed by atoms with Gasteiger partial charge in [0.15, 0.2) is 0 Å². The number of rotatable bonds is 6. The largest absolute Gasteiger partial charge is 0.354 e. The van der Waals surface area contributed by atoms with Gasteiger partial charge in [0.1, 0.15) is 0 Å². The molecule has 1 aromatic carbocycles. The molecule has 0 heterocycles. The van der Waals surface area contributed by atoms with E-state index in [1.807, 2.05) is 31.2 Å². The fourth-order valence-electron chi connectivity index (χ4n) is 1.91. The molecule has 98 valence electrons. The van der Waals surface area contributed by atoms with Gasteiger partial charge in [0, 0.05) is 19.1 Å². The summed E-state index contributed by atoms with van der Waals surface area (Å²) in [5.41, 5.74) is 2.30. The van der Waals surface area contributed by atoms with Crippen molar-refractivity contribution in [1.82, 2.24) is 10.6 Å². The summed E-state index contributed by atoms with van der Waals surface area (Å²) in [5, 5.41) is 6.36. The van der Waals surface area contributed by atoms with E-state index >= 15 is 0 Å². The number of aryl methyl sites for hydroxylation is 1. The van der Waals surface area contributed by atoms with E-state index in [1.165, 1.54) is 18.4 Å². The maximum absolute atomic E-state index is 11.9. The average Bonchev–Trinajstić information content (AvgIpc) is 3.18. The van der Waals surface area contributed by atoms with Crippen molar-refractivity contribution in [3.8, 4) is 0 Å². The molecule has 1 aliphatic rings. The maximum Gasteiger partial charge on any atom is 0.227 e. The van der Waals surface area contributed by atoms with Crippen LogP contribution in [0.5, 0.6) is 0 Å². The molecule has 0 aliphatic heterocycles. The van der Waals surface area contributed by atoms with Crippen LogP contribution < -0.4 is 10.6 Å². The van der Waals surface area contributed by atoms with E-state index in [-0.39, 0.29) is 11.8 Å². The first kappa shape index (κ1) is 13.1. The van der Waals surface area contributed by atoms with Crippen LogP contribution in [0.4, 0.5) is 0 Å². The average molecular weight is 246 g/mol. The van der Waals surface area contributed by atoms with Crippen molar-refractivity contribution in [2.45, 2.75) is 38.6 Å². The number of carbonyl (C=O) groups is 1. The summed E-state index contributed by atoms with van der Waals surface area (Å²) in [6.07, 6.45) is 2.57. The zero-order valence-electron chi connectivity index (χ0n) is 11.2. The molecule has 0 aromatic heterocycles. The van der Waals surface area contributed by atoms with Crippen molar-refractivity contribution >= 4 is 5.91 Å². The highest BCUT2D eigenvalue weighted by Gasteiger charge is 2.20. The van der Waals surface area contributed by atoms with Crippen LogP contribution in [0.3, 0.4) is 0 Å². The molecule has 3 nitrogen and oxygen atoms in total. The second-order valence-electron chi connectivity index (χ2n) is 5.15. The van der Waals surface area contributed by atoms with Crippen LogP contribution in [-0.2, 0) is 4.79 Å². The van der Waals surface area contributed by atoms with Gasteiger partial charge in [-0.25, -0.2) is 0 Å². The Morgan fingerprint density at radius 1 is 1.28 bits per heavy atom. The molecule has 0 radical (unpaired) electrons. The SMILES string of the molecule is Cc1ccc(C(C)C(=O)NCCNC2CC2)cc1. The van der Waals surface area contributed by atoms with Gasteiger partial charge in [0.25, 0.3) is 0 Å².